The molecule has 2 heterocycles. The third-order valence-electron chi connectivity index (χ3n) is 7.44. The van der Waals surface area contributed by atoms with E-state index in [4.69, 9.17) is 0 Å². The summed E-state index contributed by atoms with van der Waals surface area (Å²) < 4.78 is 0.903. The molecule has 1 saturated heterocycles. The largest absolute Gasteiger partial charge is 0.324 e. The van der Waals surface area contributed by atoms with Gasteiger partial charge >= 0.3 is 0 Å². The molecule has 0 unspecified atom stereocenters. The van der Waals surface area contributed by atoms with Gasteiger partial charge in [0.2, 0.25) is 0 Å². The van der Waals surface area contributed by atoms with Gasteiger partial charge in [-0.25, -0.2) is 0 Å². The Morgan fingerprint density at radius 3 is 2.11 bits per heavy atom. The molecule has 4 aromatic rings. The second-order valence-electron chi connectivity index (χ2n) is 9.25. The van der Waals surface area contributed by atoms with Crippen molar-refractivity contribution in [1.82, 2.24) is 5.06 Å². The van der Waals surface area contributed by atoms with Gasteiger partial charge < -0.3 is 10.5 Å². The SMILES string of the molecule is O=C(c1ccccc1)[C@@H]1[C@@H](c2ccccc2)[C@H](c2ccc(Br)cc2)N(O)[C@@]12C(=O)Nc1ccccc12. The highest BCUT2D eigenvalue weighted by Gasteiger charge is 2.69. The van der Waals surface area contributed by atoms with E-state index < -0.39 is 29.3 Å². The Morgan fingerprint density at radius 2 is 1.42 bits per heavy atom. The number of hydroxylamine groups is 2. The summed E-state index contributed by atoms with van der Waals surface area (Å²) in [4.78, 5) is 28.3. The van der Waals surface area contributed by atoms with Gasteiger partial charge in [0.25, 0.3) is 5.91 Å². The molecule has 1 spiro atoms. The number of hydrogen-bond acceptors (Lipinski definition) is 4. The number of para-hydroxylation sites is 1. The first kappa shape index (κ1) is 22.9. The summed E-state index contributed by atoms with van der Waals surface area (Å²) in [5.74, 6) is -1.97. The maximum Gasteiger partial charge on any atom is 0.252 e. The van der Waals surface area contributed by atoms with E-state index in [1.54, 1.807) is 12.1 Å². The molecule has 178 valence electrons. The molecule has 0 aromatic heterocycles. The number of benzene rings is 4. The number of anilines is 1. The number of fused-ring (bicyclic) bond motifs is 2. The van der Waals surface area contributed by atoms with Crippen LogP contribution in [0.1, 0.15) is 39.0 Å². The molecule has 0 radical (unpaired) electrons. The summed E-state index contributed by atoms with van der Waals surface area (Å²) >= 11 is 3.49. The molecule has 4 atom stereocenters. The molecule has 0 saturated carbocycles. The van der Waals surface area contributed by atoms with Crippen molar-refractivity contribution >= 4 is 33.3 Å². The Balaban J connectivity index is 1.66. The lowest BCUT2D eigenvalue weighted by Crippen LogP contribution is -2.51. The van der Waals surface area contributed by atoms with E-state index in [1.807, 2.05) is 97.1 Å². The molecule has 2 aliphatic heterocycles. The van der Waals surface area contributed by atoms with Crippen molar-refractivity contribution in [2.45, 2.75) is 17.5 Å². The summed E-state index contributed by atoms with van der Waals surface area (Å²) in [7, 11) is 0. The molecule has 1 fully saturated rings. The Bertz CT molecular complexity index is 1440. The van der Waals surface area contributed by atoms with E-state index in [2.05, 4.69) is 21.2 Å². The maximum absolute atomic E-state index is 14.4. The summed E-state index contributed by atoms with van der Waals surface area (Å²) in [6.45, 7) is 0. The molecule has 2 N–H and O–H groups in total. The number of rotatable bonds is 4. The van der Waals surface area contributed by atoms with Crippen LogP contribution in [0.4, 0.5) is 5.69 Å². The number of carbonyl (C=O) groups is 2. The van der Waals surface area contributed by atoms with Gasteiger partial charge in [-0.2, -0.15) is 5.06 Å². The average Bonchev–Trinajstić information content (AvgIpc) is 3.37. The number of amides is 1. The quantitative estimate of drug-likeness (QED) is 0.298. The van der Waals surface area contributed by atoms with Crippen molar-refractivity contribution in [2.75, 3.05) is 5.32 Å². The fourth-order valence-corrected chi connectivity index (χ4v) is 6.21. The standard InChI is InChI=1S/C30H23BrN2O3/c31-22-17-15-20(16-18-22)27-25(19-9-3-1-4-10-19)26(28(34)21-11-5-2-6-12-21)30(33(27)36)23-13-7-8-14-24(23)32-29(30)35/h1-18,25-27,36H,(H,32,35)/t25-,26+,27+,30-/m1/s1. The third kappa shape index (κ3) is 3.29. The summed E-state index contributed by atoms with van der Waals surface area (Å²) in [5.41, 5.74) is 1.82. The van der Waals surface area contributed by atoms with Gasteiger partial charge in [-0.15, -0.1) is 0 Å². The van der Waals surface area contributed by atoms with Crippen LogP contribution in [0.3, 0.4) is 0 Å². The van der Waals surface area contributed by atoms with Crippen molar-refractivity contribution in [3.8, 4) is 0 Å². The highest BCUT2D eigenvalue weighted by molar-refractivity contribution is 9.10. The number of nitrogens with one attached hydrogen (secondary N) is 1. The molecule has 0 aliphatic carbocycles. The highest BCUT2D eigenvalue weighted by atomic mass is 79.9. The fourth-order valence-electron chi connectivity index (χ4n) is 5.95. The van der Waals surface area contributed by atoms with Gasteiger partial charge in [0, 0.05) is 27.2 Å². The number of Topliss-reactive ketones (excluding diaryl/α,β-unsaturated/α-hetero) is 1. The Labute approximate surface area is 217 Å². The van der Waals surface area contributed by atoms with E-state index in [1.165, 1.54) is 0 Å². The number of halogens is 1. The zero-order chi connectivity index (χ0) is 24.9. The lowest BCUT2D eigenvalue weighted by molar-refractivity contribution is -0.188. The van der Waals surface area contributed by atoms with Crippen LogP contribution < -0.4 is 5.32 Å². The highest BCUT2D eigenvalue weighted by Crippen LogP contribution is 2.62. The van der Waals surface area contributed by atoms with Crippen LogP contribution in [0.15, 0.2) is 114 Å². The van der Waals surface area contributed by atoms with Crippen LogP contribution in [0.25, 0.3) is 0 Å². The molecular formula is C30H23BrN2O3. The molecule has 6 rings (SSSR count). The van der Waals surface area contributed by atoms with E-state index in [0.29, 0.717) is 16.8 Å². The second-order valence-corrected chi connectivity index (χ2v) is 10.2. The van der Waals surface area contributed by atoms with Crippen LogP contribution in [0, 0.1) is 5.92 Å². The Kier molecular flexibility index (Phi) is 5.60. The Hall–Kier alpha value is -3.58. The lowest BCUT2D eigenvalue weighted by atomic mass is 9.69. The molecular weight excluding hydrogens is 516 g/mol. The normalized spacial score (nSPS) is 25.1. The minimum Gasteiger partial charge on any atom is -0.324 e. The monoisotopic (exact) mass is 538 g/mol. The summed E-state index contributed by atoms with van der Waals surface area (Å²) in [6.07, 6.45) is 0. The van der Waals surface area contributed by atoms with E-state index in [9.17, 15) is 14.8 Å². The average molecular weight is 539 g/mol. The van der Waals surface area contributed by atoms with Gasteiger partial charge in [0.15, 0.2) is 11.3 Å². The van der Waals surface area contributed by atoms with Crippen LogP contribution in [0.2, 0.25) is 0 Å². The van der Waals surface area contributed by atoms with Gasteiger partial charge in [0.1, 0.15) is 0 Å². The summed E-state index contributed by atoms with van der Waals surface area (Å²) in [6, 6.07) is 33.1. The molecule has 2 aliphatic rings. The topological polar surface area (TPSA) is 69.6 Å². The summed E-state index contributed by atoms with van der Waals surface area (Å²) in [5, 5.41) is 16.2. The van der Waals surface area contributed by atoms with Gasteiger partial charge in [0.05, 0.1) is 12.0 Å². The zero-order valence-electron chi connectivity index (χ0n) is 19.2. The molecule has 6 heteroatoms. The maximum atomic E-state index is 14.4. The van der Waals surface area contributed by atoms with Gasteiger partial charge in [-0.3, -0.25) is 9.59 Å². The van der Waals surface area contributed by atoms with Crippen molar-refractivity contribution < 1.29 is 14.8 Å². The smallest absolute Gasteiger partial charge is 0.252 e. The number of nitrogens with zero attached hydrogens (tertiary/aromatic N) is 1. The number of hydrogen-bond donors (Lipinski definition) is 2. The molecule has 5 nitrogen and oxygen atoms in total. The van der Waals surface area contributed by atoms with E-state index >= 15 is 0 Å². The molecule has 1 amide bonds. The molecule has 4 aromatic carbocycles. The van der Waals surface area contributed by atoms with Crippen LogP contribution in [-0.4, -0.2) is 22.0 Å². The lowest BCUT2D eigenvalue weighted by Gasteiger charge is -2.34. The van der Waals surface area contributed by atoms with Crippen molar-refractivity contribution in [1.29, 1.82) is 0 Å². The van der Waals surface area contributed by atoms with Crippen LogP contribution >= 0.6 is 15.9 Å². The third-order valence-corrected chi connectivity index (χ3v) is 7.97. The van der Waals surface area contributed by atoms with E-state index in [-0.39, 0.29) is 5.78 Å². The van der Waals surface area contributed by atoms with Crippen molar-refractivity contribution in [3.05, 3.63) is 136 Å². The first-order valence-electron chi connectivity index (χ1n) is 11.8. The number of ketones is 1. The Morgan fingerprint density at radius 1 is 0.806 bits per heavy atom. The van der Waals surface area contributed by atoms with Crippen LogP contribution in [0.5, 0.6) is 0 Å². The fraction of sp³-hybridized carbons (Fsp3) is 0.133. The minimum absolute atomic E-state index is 0.185. The predicted octanol–water partition coefficient (Wildman–Crippen LogP) is 6.33. The second kappa shape index (κ2) is 8.82. The van der Waals surface area contributed by atoms with Gasteiger partial charge in [-0.1, -0.05) is 107 Å². The first-order chi connectivity index (χ1) is 17.5. The van der Waals surface area contributed by atoms with Crippen molar-refractivity contribution in [3.63, 3.8) is 0 Å². The molecule has 36 heavy (non-hydrogen) atoms. The minimum atomic E-state index is -1.60. The zero-order valence-corrected chi connectivity index (χ0v) is 20.8. The van der Waals surface area contributed by atoms with Crippen LogP contribution in [-0.2, 0) is 10.3 Å². The van der Waals surface area contributed by atoms with Crippen molar-refractivity contribution in [2.24, 2.45) is 5.92 Å². The first-order valence-corrected chi connectivity index (χ1v) is 12.6. The molecule has 0 bridgehead atoms. The predicted molar refractivity (Wildman–Crippen MR) is 141 cm³/mol. The van der Waals surface area contributed by atoms with E-state index in [0.717, 1.165) is 20.7 Å². The number of carbonyl (C=O) groups excluding carboxylic acids is 2. The van der Waals surface area contributed by atoms with Gasteiger partial charge in [-0.05, 0) is 29.3 Å².